The van der Waals surface area contributed by atoms with Crippen LogP contribution in [0.2, 0.25) is 0 Å². The fourth-order valence-electron chi connectivity index (χ4n) is 2.41. The Morgan fingerprint density at radius 2 is 2.22 bits per heavy atom. The molecule has 1 atom stereocenters. The van der Waals surface area contributed by atoms with Gasteiger partial charge in [-0.05, 0) is 25.0 Å². The molecule has 3 rings (SSSR count). The third-order valence-corrected chi connectivity index (χ3v) is 3.25. The number of fused-ring (bicyclic) bond motifs is 1. The van der Waals surface area contributed by atoms with Crippen molar-refractivity contribution in [3.8, 4) is 0 Å². The SMILES string of the molecule is Nc1nc(C2CCCOC2)c2ccc(F)cc2n1. The summed E-state index contributed by atoms with van der Waals surface area (Å²) >= 11 is 0. The van der Waals surface area contributed by atoms with E-state index in [0.29, 0.717) is 12.1 Å². The number of anilines is 1. The largest absolute Gasteiger partial charge is 0.381 e. The van der Waals surface area contributed by atoms with Gasteiger partial charge in [-0.15, -0.1) is 0 Å². The summed E-state index contributed by atoms with van der Waals surface area (Å²) in [4.78, 5) is 8.40. The van der Waals surface area contributed by atoms with Crippen molar-refractivity contribution in [3.63, 3.8) is 0 Å². The molecule has 2 N–H and O–H groups in total. The molecule has 94 valence electrons. The lowest BCUT2D eigenvalue weighted by Gasteiger charge is -2.22. The smallest absolute Gasteiger partial charge is 0.220 e. The molecular weight excluding hydrogens is 233 g/mol. The molecule has 5 heteroatoms. The summed E-state index contributed by atoms with van der Waals surface area (Å²) in [5.41, 5.74) is 7.13. The van der Waals surface area contributed by atoms with Gasteiger partial charge in [-0.25, -0.2) is 14.4 Å². The van der Waals surface area contributed by atoms with E-state index in [1.165, 1.54) is 12.1 Å². The highest BCUT2D eigenvalue weighted by Crippen LogP contribution is 2.29. The van der Waals surface area contributed by atoms with Gasteiger partial charge in [0, 0.05) is 24.0 Å². The summed E-state index contributed by atoms with van der Waals surface area (Å²) in [6, 6.07) is 4.53. The number of hydrogen-bond acceptors (Lipinski definition) is 4. The van der Waals surface area contributed by atoms with E-state index in [0.717, 1.165) is 30.5 Å². The maximum atomic E-state index is 13.2. The molecular formula is C13H14FN3O. The molecule has 1 aromatic heterocycles. The zero-order chi connectivity index (χ0) is 12.5. The topological polar surface area (TPSA) is 61.0 Å². The van der Waals surface area contributed by atoms with Crippen molar-refractivity contribution < 1.29 is 9.13 Å². The van der Waals surface area contributed by atoms with Gasteiger partial charge in [0.2, 0.25) is 5.95 Å². The standard InChI is InChI=1S/C13H14FN3O/c14-9-3-4-10-11(6-9)16-13(15)17-12(10)8-2-1-5-18-7-8/h3-4,6,8H,1-2,5,7H2,(H2,15,16,17). The normalized spacial score (nSPS) is 20.2. The van der Waals surface area contributed by atoms with E-state index in [2.05, 4.69) is 9.97 Å². The van der Waals surface area contributed by atoms with Gasteiger partial charge in [-0.2, -0.15) is 0 Å². The van der Waals surface area contributed by atoms with Crippen LogP contribution in [0.5, 0.6) is 0 Å². The molecule has 18 heavy (non-hydrogen) atoms. The van der Waals surface area contributed by atoms with Gasteiger partial charge in [-0.1, -0.05) is 0 Å². The first kappa shape index (κ1) is 11.3. The Morgan fingerprint density at radius 1 is 1.33 bits per heavy atom. The monoisotopic (exact) mass is 247 g/mol. The maximum absolute atomic E-state index is 13.2. The molecule has 1 unspecified atom stereocenters. The number of halogens is 1. The highest BCUT2D eigenvalue weighted by Gasteiger charge is 2.20. The van der Waals surface area contributed by atoms with Gasteiger partial charge in [-0.3, -0.25) is 0 Å². The number of nitrogens with two attached hydrogens (primary N) is 1. The van der Waals surface area contributed by atoms with Gasteiger partial charge in [0.05, 0.1) is 17.8 Å². The number of nitrogens with zero attached hydrogens (tertiary/aromatic N) is 2. The molecule has 0 aliphatic carbocycles. The van der Waals surface area contributed by atoms with Gasteiger partial charge in [0.25, 0.3) is 0 Å². The summed E-state index contributed by atoms with van der Waals surface area (Å²) in [7, 11) is 0. The number of aromatic nitrogens is 2. The first-order chi connectivity index (χ1) is 8.74. The Hall–Kier alpha value is -1.75. The van der Waals surface area contributed by atoms with Gasteiger partial charge < -0.3 is 10.5 Å². The fourth-order valence-corrected chi connectivity index (χ4v) is 2.41. The van der Waals surface area contributed by atoms with E-state index < -0.39 is 0 Å². The third-order valence-electron chi connectivity index (χ3n) is 3.25. The van der Waals surface area contributed by atoms with E-state index >= 15 is 0 Å². The predicted octanol–water partition coefficient (Wildman–Crippen LogP) is 2.25. The van der Waals surface area contributed by atoms with Gasteiger partial charge in [0.15, 0.2) is 0 Å². The lowest BCUT2D eigenvalue weighted by Crippen LogP contribution is -2.17. The van der Waals surface area contributed by atoms with Crippen LogP contribution in [0.4, 0.5) is 10.3 Å². The summed E-state index contributed by atoms with van der Waals surface area (Å²) in [6.07, 6.45) is 2.03. The molecule has 0 spiro atoms. The van der Waals surface area contributed by atoms with Crippen LogP contribution in [0, 0.1) is 5.82 Å². The van der Waals surface area contributed by atoms with Crippen LogP contribution in [-0.2, 0) is 4.74 Å². The summed E-state index contributed by atoms with van der Waals surface area (Å²) < 4.78 is 18.7. The third kappa shape index (κ3) is 2.01. The molecule has 0 radical (unpaired) electrons. The number of rotatable bonds is 1. The molecule has 1 aliphatic heterocycles. The van der Waals surface area contributed by atoms with Crippen molar-refractivity contribution in [1.29, 1.82) is 0 Å². The van der Waals surface area contributed by atoms with E-state index in [-0.39, 0.29) is 17.7 Å². The first-order valence-corrected chi connectivity index (χ1v) is 6.04. The summed E-state index contributed by atoms with van der Waals surface area (Å²) in [6.45, 7) is 1.44. The van der Waals surface area contributed by atoms with Gasteiger partial charge >= 0.3 is 0 Å². The van der Waals surface area contributed by atoms with E-state index in [4.69, 9.17) is 10.5 Å². The molecule has 4 nitrogen and oxygen atoms in total. The highest BCUT2D eigenvalue weighted by molar-refractivity contribution is 5.82. The minimum absolute atomic E-state index is 0.189. The molecule has 1 fully saturated rings. The number of nitrogen functional groups attached to an aromatic ring is 1. The molecule has 2 aromatic rings. The van der Waals surface area contributed by atoms with Crippen molar-refractivity contribution in [3.05, 3.63) is 29.7 Å². The van der Waals surface area contributed by atoms with Gasteiger partial charge in [0.1, 0.15) is 5.82 Å². The molecule has 1 aromatic carbocycles. The predicted molar refractivity (Wildman–Crippen MR) is 66.7 cm³/mol. The van der Waals surface area contributed by atoms with Crippen molar-refractivity contribution >= 4 is 16.9 Å². The second-order valence-corrected chi connectivity index (χ2v) is 4.54. The van der Waals surface area contributed by atoms with Crippen LogP contribution in [0.25, 0.3) is 10.9 Å². The Kier molecular flexibility index (Phi) is 2.83. The second-order valence-electron chi connectivity index (χ2n) is 4.54. The molecule has 1 aliphatic rings. The van der Waals surface area contributed by atoms with Crippen LogP contribution in [0.1, 0.15) is 24.5 Å². The lowest BCUT2D eigenvalue weighted by molar-refractivity contribution is 0.0797. The second kappa shape index (κ2) is 4.49. The van der Waals surface area contributed by atoms with Crippen LogP contribution in [-0.4, -0.2) is 23.2 Å². The zero-order valence-electron chi connectivity index (χ0n) is 9.90. The van der Waals surface area contributed by atoms with Crippen molar-refractivity contribution in [2.24, 2.45) is 0 Å². The molecule has 1 saturated heterocycles. The average molecular weight is 247 g/mol. The van der Waals surface area contributed by atoms with Crippen LogP contribution < -0.4 is 5.73 Å². The molecule has 2 heterocycles. The Morgan fingerprint density at radius 3 is 3.00 bits per heavy atom. The number of hydrogen-bond donors (Lipinski definition) is 1. The average Bonchev–Trinajstić information content (AvgIpc) is 2.38. The number of benzene rings is 1. The van der Waals surface area contributed by atoms with Crippen LogP contribution in [0.15, 0.2) is 18.2 Å². The Labute approximate surface area is 104 Å². The minimum atomic E-state index is -0.313. The molecule has 0 saturated carbocycles. The fraction of sp³-hybridized carbons (Fsp3) is 0.385. The van der Waals surface area contributed by atoms with Crippen molar-refractivity contribution in [2.75, 3.05) is 18.9 Å². The van der Waals surface area contributed by atoms with E-state index in [1.807, 2.05) is 0 Å². The molecule has 0 bridgehead atoms. The lowest BCUT2D eigenvalue weighted by atomic mass is 9.95. The van der Waals surface area contributed by atoms with Crippen molar-refractivity contribution in [2.45, 2.75) is 18.8 Å². The van der Waals surface area contributed by atoms with E-state index in [9.17, 15) is 4.39 Å². The highest BCUT2D eigenvalue weighted by atomic mass is 19.1. The number of ether oxygens (including phenoxy) is 1. The zero-order valence-corrected chi connectivity index (χ0v) is 9.90. The minimum Gasteiger partial charge on any atom is -0.381 e. The van der Waals surface area contributed by atoms with Crippen LogP contribution in [0.3, 0.4) is 0 Å². The quantitative estimate of drug-likeness (QED) is 0.839. The summed E-state index contributed by atoms with van der Waals surface area (Å²) in [5.74, 6) is 0.0946. The molecule has 0 amide bonds. The van der Waals surface area contributed by atoms with Crippen molar-refractivity contribution in [1.82, 2.24) is 9.97 Å². The van der Waals surface area contributed by atoms with Crippen LogP contribution >= 0.6 is 0 Å². The first-order valence-electron chi connectivity index (χ1n) is 6.04. The Bertz CT molecular complexity index is 576. The Balaban J connectivity index is 2.14. The van der Waals surface area contributed by atoms with E-state index in [1.54, 1.807) is 6.07 Å². The summed E-state index contributed by atoms with van der Waals surface area (Å²) in [5, 5.41) is 0.862. The maximum Gasteiger partial charge on any atom is 0.220 e.